The van der Waals surface area contributed by atoms with E-state index < -0.39 is 8.32 Å². The molecule has 0 radical (unpaired) electrons. The highest BCUT2D eigenvalue weighted by Crippen LogP contribution is 2.37. The van der Waals surface area contributed by atoms with Gasteiger partial charge in [-0.1, -0.05) is 58.9 Å². The first-order valence-corrected chi connectivity index (χ1v) is 16.6. The van der Waals surface area contributed by atoms with Gasteiger partial charge < -0.3 is 8.99 Å². The fourth-order valence-corrected chi connectivity index (χ4v) is 6.13. The molecule has 0 aliphatic rings. The second kappa shape index (κ2) is 11.1. The lowest BCUT2D eigenvalue weighted by Gasteiger charge is -2.36. The van der Waals surface area contributed by atoms with Crippen LogP contribution in [0.15, 0.2) is 40.3 Å². The second-order valence-electron chi connectivity index (χ2n) is 11.6. The summed E-state index contributed by atoms with van der Waals surface area (Å²) in [4.78, 5) is 13.3. The highest BCUT2D eigenvalue weighted by atomic mass is 32.2. The third-order valence-corrected chi connectivity index (χ3v) is 12.9. The van der Waals surface area contributed by atoms with Gasteiger partial charge >= 0.3 is 0 Å². The van der Waals surface area contributed by atoms with E-state index in [2.05, 4.69) is 94.8 Å². The Hall–Kier alpha value is -1.83. The molecule has 2 aromatic heterocycles. The molecule has 2 heterocycles. The Balaban J connectivity index is 1.93. The maximum Gasteiger partial charge on any atom is 0.277 e. The van der Waals surface area contributed by atoms with Crippen molar-refractivity contribution in [2.24, 2.45) is 13.0 Å². The standard InChI is InChI=1S/C28H43N3O2SSi/c1-20(2)17-24-23-19-31(18-22-14-11-10-13-21(22)3)27(25(23)26(32)30(7)29-24)34-16-12-15-33-35(8,9)28(4,5)6/h10-11,13-14,19-20H,12,15-18H2,1-9H3. The van der Waals surface area contributed by atoms with E-state index in [-0.39, 0.29) is 10.6 Å². The highest BCUT2D eigenvalue weighted by Gasteiger charge is 2.36. The van der Waals surface area contributed by atoms with Crippen molar-refractivity contribution in [3.8, 4) is 0 Å². The smallest absolute Gasteiger partial charge is 0.277 e. The second-order valence-corrected chi connectivity index (χ2v) is 17.5. The Kier molecular flexibility index (Phi) is 8.76. The molecule has 3 aromatic rings. The van der Waals surface area contributed by atoms with Crippen molar-refractivity contribution in [1.29, 1.82) is 0 Å². The normalized spacial score (nSPS) is 12.7. The van der Waals surface area contributed by atoms with E-state index in [0.717, 1.165) is 53.2 Å². The van der Waals surface area contributed by atoms with Gasteiger partial charge in [-0.2, -0.15) is 5.10 Å². The first-order valence-electron chi connectivity index (χ1n) is 12.7. The molecule has 192 valence electrons. The molecule has 0 N–H and O–H groups in total. The third kappa shape index (κ3) is 6.49. The minimum atomic E-state index is -1.75. The zero-order valence-electron chi connectivity index (χ0n) is 23.1. The van der Waals surface area contributed by atoms with Crippen LogP contribution in [0.5, 0.6) is 0 Å². The van der Waals surface area contributed by atoms with Crippen LogP contribution >= 0.6 is 11.8 Å². The van der Waals surface area contributed by atoms with E-state index >= 15 is 0 Å². The SMILES string of the molecule is Cc1ccccc1Cn1cc2c(CC(C)C)nn(C)c(=O)c2c1SCCCO[Si](C)(C)C(C)(C)C. The minimum Gasteiger partial charge on any atom is -0.417 e. The molecule has 0 atom stereocenters. The summed E-state index contributed by atoms with van der Waals surface area (Å²) in [5.41, 5.74) is 3.52. The van der Waals surface area contributed by atoms with E-state index in [9.17, 15) is 4.79 Å². The lowest BCUT2D eigenvalue weighted by Crippen LogP contribution is -2.41. The first-order chi connectivity index (χ1) is 16.3. The summed E-state index contributed by atoms with van der Waals surface area (Å²) in [6.07, 6.45) is 3.96. The molecule has 0 bridgehead atoms. The first kappa shape index (κ1) is 27.7. The summed E-state index contributed by atoms with van der Waals surface area (Å²) < 4.78 is 10.2. The Morgan fingerprint density at radius 2 is 1.86 bits per heavy atom. The monoisotopic (exact) mass is 513 g/mol. The van der Waals surface area contributed by atoms with Crippen molar-refractivity contribution >= 4 is 30.9 Å². The largest absolute Gasteiger partial charge is 0.417 e. The lowest BCUT2D eigenvalue weighted by molar-refractivity contribution is 0.289. The minimum absolute atomic E-state index is 0.0175. The van der Waals surface area contributed by atoms with Crippen LogP contribution in [0.3, 0.4) is 0 Å². The molecule has 0 fully saturated rings. The fraction of sp³-hybridized carbons (Fsp3) is 0.571. The number of fused-ring (bicyclic) bond motifs is 1. The van der Waals surface area contributed by atoms with Gasteiger partial charge in [0, 0.05) is 37.5 Å². The van der Waals surface area contributed by atoms with Gasteiger partial charge in [-0.15, -0.1) is 11.8 Å². The van der Waals surface area contributed by atoms with Gasteiger partial charge in [-0.3, -0.25) is 4.79 Å². The van der Waals surface area contributed by atoms with Crippen LogP contribution < -0.4 is 5.56 Å². The van der Waals surface area contributed by atoms with Crippen molar-refractivity contribution < 1.29 is 4.43 Å². The quantitative estimate of drug-likeness (QED) is 0.170. The van der Waals surface area contributed by atoms with E-state index in [0.29, 0.717) is 5.92 Å². The molecule has 0 spiro atoms. The van der Waals surface area contributed by atoms with E-state index in [1.165, 1.54) is 15.8 Å². The van der Waals surface area contributed by atoms with Crippen molar-refractivity contribution in [1.82, 2.24) is 14.3 Å². The Labute approximate surface area is 216 Å². The maximum atomic E-state index is 13.3. The summed E-state index contributed by atoms with van der Waals surface area (Å²) in [5.74, 6) is 1.37. The molecule has 0 aliphatic heterocycles. The van der Waals surface area contributed by atoms with Crippen LogP contribution in [0, 0.1) is 12.8 Å². The van der Waals surface area contributed by atoms with E-state index in [1.54, 1.807) is 18.8 Å². The fourth-order valence-electron chi connectivity index (χ4n) is 3.96. The predicted molar refractivity (Wildman–Crippen MR) is 152 cm³/mol. The van der Waals surface area contributed by atoms with Gasteiger partial charge in [-0.25, -0.2) is 4.68 Å². The molecule has 7 heteroatoms. The molecule has 0 saturated carbocycles. The Bertz CT molecular complexity index is 1220. The van der Waals surface area contributed by atoms with Gasteiger partial charge in [0.25, 0.3) is 5.56 Å². The average Bonchev–Trinajstić information content (AvgIpc) is 3.10. The molecular formula is C28H43N3O2SSi. The lowest BCUT2D eigenvalue weighted by atomic mass is 10.1. The molecule has 0 saturated heterocycles. The van der Waals surface area contributed by atoms with Crippen LogP contribution in [0.25, 0.3) is 10.8 Å². The maximum absolute atomic E-state index is 13.3. The molecule has 1 aromatic carbocycles. The van der Waals surface area contributed by atoms with Crippen LogP contribution in [-0.4, -0.2) is 35.0 Å². The molecule has 0 aliphatic carbocycles. The number of thioether (sulfide) groups is 1. The summed E-state index contributed by atoms with van der Waals surface area (Å²) in [7, 11) is 0.0209. The number of rotatable bonds is 10. The van der Waals surface area contributed by atoms with Crippen LogP contribution in [0.2, 0.25) is 18.1 Å². The van der Waals surface area contributed by atoms with Crippen molar-refractivity contribution in [2.75, 3.05) is 12.4 Å². The summed E-state index contributed by atoms with van der Waals surface area (Å²) in [6.45, 7) is 19.5. The molecule has 35 heavy (non-hydrogen) atoms. The van der Waals surface area contributed by atoms with Gasteiger partial charge in [0.05, 0.1) is 16.1 Å². The topological polar surface area (TPSA) is 49.0 Å². The number of hydrogen-bond acceptors (Lipinski definition) is 4. The molecular weight excluding hydrogens is 470 g/mol. The van der Waals surface area contributed by atoms with Crippen LogP contribution in [0.1, 0.15) is 57.9 Å². The van der Waals surface area contributed by atoms with Gasteiger partial charge in [-0.05, 0) is 54.9 Å². The van der Waals surface area contributed by atoms with Crippen molar-refractivity contribution in [3.05, 3.63) is 57.6 Å². The summed E-state index contributed by atoms with van der Waals surface area (Å²) in [6, 6.07) is 8.48. The Morgan fingerprint density at radius 3 is 2.49 bits per heavy atom. The number of aryl methyl sites for hydroxylation is 2. The number of nitrogens with zero attached hydrogens (tertiary/aromatic N) is 3. The third-order valence-electron chi connectivity index (χ3n) is 7.12. The summed E-state index contributed by atoms with van der Waals surface area (Å²) in [5, 5.41) is 7.71. The van der Waals surface area contributed by atoms with E-state index in [1.807, 2.05) is 0 Å². The number of hydrogen-bond donors (Lipinski definition) is 0. The Morgan fingerprint density at radius 1 is 1.17 bits per heavy atom. The number of benzene rings is 1. The van der Waals surface area contributed by atoms with Gasteiger partial charge in [0.15, 0.2) is 8.32 Å². The zero-order chi connectivity index (χ0) is 26.0. The van der Waals surface area contributed by atoms with Gasteiger partial charge in [0.1, 0.15) is 0 Å². The zero-order valence-corrected chi connectivity index (χ0v) is 24.9. The van der Waals surface area contributed by atoms with Crippen LogP contribution in [0.4, 0.5) is 0 Å². The van der Waals surface area contributed by atoms with Gasteiger partial charge in [0.2, 0.25) is 0 Å². The molecule has 0 amide bonds. The summed E-state index contributed by atoms with van der Waals surface area (Å²) >= 11 is 1.77. The van der Waals surface area contributed by atoms with E-state index in [4.69, 9.17) is 4.43 Å². The average molecular weight is 514 g/mol. The molecule has 0 unspecified atom stereocenters. The molecule has 3 rings (SSSR count). The van der Waals surface area contributed by atoms with Crippen LogP contribution in [-0.2, 0) is 24.4 Å². The number of aromatic nitrogens is 3. The highest BCUT2D eigenvalue weighted by molar-refractivity contribution is 7.99. The predicted octanol–water partition coefficient (Wildman–Crippen LogP) is 6.79. The van der Waals surface area contributed by atoms with Crippen molar-refractivity contribution in [3.63, 3.8) is 0 Å². The molecule has 5 nitrogen and oxygen atoms in total. The van der Waals surface area contributed by atoms with Crippen molar-refractivity contribution in [2.45, 2.75) is 84.1 Å².